The maximum atomic E-state index is 14.6. The molecule has 0 fully saturated rings. The molecule has 3 aliphatic heterocycles. The Hall–Kier alpha value is -3.80. The number of benzene rings is 3. The molecule has 5 heterocycles. The Bertz CT molecular complexity index is 1850. The van der Waals surface area contributed by atoms with Gasteiger partial charge in [-0.1, -0.05) is 61.3 Å². The van der Waals surface area contributed by atoms with Crippen LogP contribution in [-0.4, -0.2) is 38.6 Å². The van der Waals surface area contributed by atoms with E-state index in [9.17, 15) is 4.79 Å². The highest BCUT2D eigenvalue weighted by Crippen LogP contribution is 2.52. The van der Waals surface area contributed by atoms with E-state index in [-0.39, 0.29) is 18.0 Å². The first-order chi connectivity index (χ1) is 20.1. The summed E-state index contributed by atoms with van der Waals surface area (Å²) < 4.78 is 0. The van der Waals surface area contributed by atoms with Crippen molar-refractivity contribution in [3.8, 4) is 0 Å². The van der Waals surface area contributed by atoms with Crippen LogP contribution in [0, 0.1) is 0 Å². The topological polar surface area (TPSA) is 55.1 Å². The molecular weight excluding hydrogens is 528 g/mol. The molecule has 0 unspecified atom stereocenters. The standard InChI is InChI=1S/C35H33ClN4O/c1-2-3-12-29-30(34(41)21-13-15-22(36)16-14-21)33-31-25(23-8-4-6-10-27(23)37-31)18-20-40(33)35-32-26(17-19-39(29)35)24-9-5-7-11-28(24)38-32/h4-11,13-16,33,35,37-38H,2-3,12,17-20H2,1H3/t33-,35-/m1/s1. The minimum atomic E-state index is -0.153. The first-order valence-corrected chi connectivity index (χ1v) is 15.3. The van der Waals surface area contributed by atoms with Crippen molar-refractivity contribution in [1.82, 2.24) is 19.8 Å². The molecule has 206 valence electrons. The molecule has 0 aliphatic carbocycles. The number of H-pyrrole nitrogens is 2. The second-order valence-corrected chi connectivity index (χ2v) is 12.1. The number of rotatable bonds is 5. The van der Waals surface area contributed by atoms with E-state index >= 15 is 0 Å². The molecule has 0 bridgehead atoms. The number of aromatic amines is 2. The fraction of sp³-hybridized carbons (Fsp3) is 0.286. The van der Waals surface area contributed by atoms with Gasteiger partial charge in [0.2, 0.25) is 0 Å². The van der Waals surface area contributed by atoms with Gasteiger partial charge >= 0.3 is 0 Å². The van der Waals surface area contributed by atoms with E-state index in [4.69, 9.17) is 11.6 Å². The maximum absolute atomic E-state index is 14.6. The monoisotopic (exact) mass is 560 g/mol. The summed E-state index contributed by atoms with van der Waals surface area (Å²) in [7, 11) is 0. The van der Waals surface area contributed by atoms with Crippen molar-refractivity contribution < 1.29 is 4.79 Å². The molecule has 5 aromatic rings. The van der Waals surface area contributed by atoms with E-state index in [0.29, 0.717) is 10.6 Å². The lowest BCUT2D eigenvalue weighted by Crippen LogP contribution is -2.54. The van der Waals surface area contributed by atoms with Gasteiger partial charge in [0.1, 0.15) is 6.17 Å². The number of nitrogens with zero attached hydrogens (tertiary/aromatic N) is 2. The summed E-state index contributed by atoms with van der Waals surface area (Å²) >= 11 is 6.25. The number of carbonyl (C=O) groups is 1. The van der Waals surface area contributed by atoms with Crippen LogP contribution in [0.25, 0.3) is 21.8 Å². The molecule has 3 aromatic carbocycles. The lowest BCUT2D eigenvalue weighted by Gasteiger charge is -2.54. The molecule has 0 spiro atoms. The van der Waals surface area contributed by atoms with Gasteiger partial charge in [0, 0.05) is 62.4 Å². The highest BCUT2D eigenvalue weighted by atomic mass is 35.5. The zero-order valence-corrected chi connectivity index (χ0v) is 24.0. The van der Waals surface area contributed by atoms with Gasteiger partial charge < -0.3 is 14.9 Å². The minimum Gasteiger partial charge on any atom is -0.357 e. The lowest BCUT2D eigenvalue weighted by molar-refractivity contribution is 0.000623. The number of halogens is 1. The van der Waals surface area contributed by atoms with E-state index in [2.05, 4.69) is 75.2 Å². The predicted octanol–water partition coefficient (Wildman–Crippen LogP) is 8.10. The van der Waals surface area contributed by atoms with Crippen molar-refractivity contribution in [3.05, 3.63) is 117 Å². The lowest BCUT2D eigenvalue weighted by atomic mass is 9.81. The first kappa shape index (κ1) is 25.0. The third-order valence-electron chi connectivity index (χ3n) is 9.44. The van der Waals surface area contributed by atoms with Crippen molar-refractivity contribution in [1.29, 1.82) is 0 Å². The van der Waals surface area contributed by atoms with Crippen molar-refractivity contribution in [3.63, 3.8) is 0 Å². The number of para-hydroxylation sites is 2. The maximum Gasteiger partial charge on any atom is 0.192 e. The number of nitrogens with one attached hydrogen (secondary N) is 2. The highest BCUT2D eigenvalue weighted by molar-refractivity contribution is 6.30. The van der Waals surface area contributed by atoms with Crippen molar-refractivity contribution in [2.45, 2.75) is 51.2 Å². The molecular formula is C35H33ClN4O. The summed E-state index contributed by atoms with van der Waals surface area (Å²) in [6.45, 7) is 4.02. The van der Waals surface area contributed by atoms with Gasteiger partial charge in [-0.05, 0) is 73.2 Å². The average molecular weight is 561 g/mol. The van der Waals surface area contributed by atoms with Crippen molar-refractivity contribution in [2.24, 2.45) is 0 Å². The van der Waals surface area contributed by atoms with E-state index < -0.39 is 0 Å². The second-order valence-electron chi connectivity index (χ2n) is 11.6. The number of fused-ring (bicyclic) bond motifs is 11. The Balaban J connectivity index is 1.39. The molecule has 0 saturated heterocycles. The molecule has 2 N–H and O–H groups in total. The summed E-state index contributed by atoms with van der Waals surface area (Å²) in [6.07, 6.45) is 4.98. The quantitative estimate of drug-likeness (QED) is 0.213. The second kappa shape index (κ2) is 9.64. The summed E-state index contributed by atoms with van der Waals surface area (Å²) in [6, 6.07) is 24.5. The van der Waals surface area contributed by atoms with Crippen LogP contribution in [0.4, 0.5) is 0 Å². The number of unbranched alkanes of at least 4 members (excludes halogenated alkanes) is 1. The molecule has 0 amide bonds. The third-order valence-corrected chi connectivity index (χ3v) is 9.69. The summed E-state index contributed by atoms with van der Waals surface area (Å²) in [5, 5.41) is 3.24. The zero-order chi connectivity index (χ0) is 27.7. The van der Waals surface area contributed by atoms with Crippen LogP contribution in [0.15, 0.2) is 84.1 Å². The largest absolute Gasteiger partial charge is 0.357 e. The predicted molar refractivity (Wildman–Crippen MR) is 165 cm³/mol. The number of aromatic nitrogens is 2. The third kappa shape index (κ3) is 3.75. The summed E-state index contributed by atoms with van der Waals surface area (Å²) in [5.41, 5.74) is 10.4. The Morgan fingerprint density at radius 1 is 0.854 bits per heavy atom. The Morgan fingerprint density at radius 3 is 2.20 bits per heavy atom. The van der Waals surface area contributed by atoms with Gasteiger partial charge in [0.15, 0.2) is 5.78 Å². The number of ketones is 1. The Kier molecular flexibility index (Phi) is 5.87. The molecule has 0 saturated carbocycles. The molecule has 0 radical (unpaired) electrons. The van der Waals surface area contributed by atoms with Gasteiger partial charge in [-0.2, -0.15) is 0 Å². The Labute approximate surface area is 244 Å². The number of Topliss-reactive ketones (excluding diaryl/α,β-unsaturated/α-hetero) is 1. The number of carbonyl (C=O) groups excluding carboxylic acids is 1. The zero-order valence-electron chi connectivity index (χ0n) is 23.2. The summed E-state index contributed by atoms with van der Waals surface area (Å²) in [4.78, 5) is 27.4. The molecule has 6 heteroatoms. The van der Waals surface area contributed by atoms with Crippen molar-refractivity contribution in [2.75, 3.05) is 13.1 Å². The smallest absolute Gasteiger partial charge is 0.192 e. The number of hydrogen-bond acceptors (Lipinski definition) is 3. The molecule has 5 nitrogen and oxygen atoms in total. The highest BCUT2D eigenvalue weighted by Gasteiger charge is 2.49. The first-order valence-electron chi connectivity index (χ1n) is 14.9. The van der Waals surface area contributed by atoms with Crippen LogP contribution in [0.2, 0.25) is 5.02 Å². The number of allylic oxidation sites excluding steroid dienone is 1. The van der Waals surface area contributed by atoms with Crippen LogP contribution < -0.4 is 0 Å². The van der Waals surface area contributed by atoms with Crippen LogP contribution in [0.5, 0.6) is 0 Å². The van der Waals surface area contributed by atoms with E-state index in [0.717, 1.165) is 56.3 Å². The molecule has 2 atom stereocenters. The SMILES string of the molecule is CCCCC1=C(C(=O)c2ccc(Cl)cc2)[C@@H]2c3[nH]c4ccccc4c3CCN2[C@@H]2c3[nH]c4ccccc4c3CCN12. The van der Waals surface area contributed by atoms with Crippen LogP contribution in [0.3, 0.4) is 0 Å². The van der Waals surface area contributed by atoms with E-state index in [1.165, 1.54) is 44.5 Å². The molecule has 8 rings (SSSR count). The van der Waals surface area contributed by atoms with Gasteiger partial charge in [-0.15, -0.1) is 0 Å². The summed E-state index contributed by atoms with van der Waals surface area (Å²) in [5.74, 6) is 0.107. The fourth-order valence-electron chi connectivity index (χ4n) is 7.63. The minimum absolute atomic E-state index is 0.0596. The number of hydrogen-bond donors (Lipinski definition) is 2. The van der Waals surface area contributed by atoms with Gasteiger partial charge in [-0.3, -0.25) is 9.69 Å². The van der Waals surface area contributed by atoms with Crippen LogP contribution in [-0.2, 0) is 12.8 Å². The van der Waals surface area contributed by atoms with Crippen molar-refractivity contribution >= 4 is 39.2 Å². The van der Waals surface area contributed by atoms with E-state index in [1.807, 2.05) is 24.3 Å². The fourth-order valence-corrected chi connectivity index (χ4v) is 7.75. The van der Waals surface area contributed by atoms with Crippen LogP contribution >= 0.6 is 11.6 Å². The van der Waals surface area contributed by atoms with Gasteiger partial charge in [0.25, 0.3) is 0 Å². The van der Waals surface area contributed by atoms with Gasteiger partial charge in [0.05, 0.1) is 11.7 Å². The van der Waals surface area contributed by atoms with Crippen LogP contribution in [0.1, 0.15) is 71.3 Å². The van der Waals surface area contributed by atoms with Gasteiger partial charge in [-0.25, -0.2) is 0 Å². The average Bonchev–Trinajstić information content (AvgIpc) is 3.58. The molecule has 3 aliphatic rings. The normalized spacial score (nSPS) is 20.2. The molecule has 41 heavy (non-hydrogen) atoms. The Morgan fingerprint density at radius 2 is 1.49 bits per heavy atom. The van der Waals surface area contributed by atoms with E-state index in [1.54, 1.807) is 0 Å². The molecule has 2 aromatic heterocycles.